The van der Waals surface area contributed by atoms with E-state index in [0.717, 1.165) is 34.1 Å². The van der Waals surface area contributed by atoms with E-state index in [1.165, 1.54) is 0 Å². The lowest BCUT2D eigenvalue weighted by Gasteiger charge is -2.38. The van der Waals surface area contributed by atoms with Gasteiger partial charge in [-0.2, -0.15) is 5.10 Å². The number of hydrogen-bond donors (Lipinski definition) is 1. The van der Waals surface area contributed by atoms with Crippen molar-refractivity contribution in [3.8, 4) is 5.69 Å². The van der Waals surface area contributed by atoms with Crippen molar-refractivity contribution < 1.29 is 9.53 Å². The van der Waals surface area contributed by atoms with Crippen molar-refractivity contribution in [2.75, 3.05) is 13.2 Å². The SMILES string of the molecule is O=C(/C=C/c1cnn(-c2ccccc2)c1)NC1(c2cccc(Br)c2)CCOCC1. The third-order valence-electron chi connectivity index (χ3n) is 5.14. The zero-order valence-corrected chi connectivity index (χ0v) is 17.5. The van der Waals surface area contributed by atoms with Crippen molar-refractivity contribution >= 4 is 27.9 Å². The van der Waals surface area contributed by atoms with Crippen LogP contribution in [0.2, 0.25) is 0 Å². The number of rotatable bonds is 5. The monoisotopic (exact) mass is 451 g/mol. The standard InChI is InChI=1S/C23H22BrN3O2/c24-20-6-4-5-19(15-20)23(11-13-29-14-12-23)26-22(28)10-9-18-16-25-27(17-18)21-7-2-1-3-8-21/h1-10,15-17H,11-14H2,(H,26,28)/b10-9+. The second kappa shape index (κ2) is 8.76. The molecule has 29 heavy (non-hydrogen) atoms. The first-order valence-electron chi connectivity index (χ1n) is 9.59. The lowest BCUT2D eigenvalue weighted by Crippen LogP contribution is -2.49. The Morgan fingerprint density at radius 2 is 1.93 bits per heavy atom. The predicted octanol–water partition coefficient (Wildman–Crippen LogP) is 4.47. The van der Waals surface area contributed by atoms with Crippen molar-refractivity contribution in [3.63, 3.8) is 0 Å². The number of carbonyl (C=O) groups excluding carboxylic acids is 1. The van der Waals surface area contributed by atoms with Crippen LogP contribution in [0, 0.1) is 0 Å². The van der Waals surface area contributed by atoms with Gasteiger partial charge in [0.05, 0.1) is 17.4 Å². The molecule has 0 atom stereocenters. The van der Waals surface area contributed by atoms with Crippen molar-refractivity contribution in [1.29, 1.82) is 0 Å². The molecule has 0 aliphatic carbocycles. The van der Waals surface area contributed by atoms with Gasteiger partial charge in [-0.05, 0) is 48.7 Å². The van der Waals surface area contributed by atoms with Crippen LogP contribution in [0.15, 0.2) is 77.5 Å². The zero-order chi connectivity index (χ0) is 20.1. The minimum atomic E-state index is -0.419. The maximum Gasteiger partial charge on any atom is 0.244 e. The van der Waals surface area contributed by atoms with E-state index in [2.05, 4.69) is 38.5 Å². The molecule has 1 aromatic heterocycles. The summed E-state index contributed by atoms with van der Waals surface area (Å²) in [6.07, 6.45) is 8.49. The maximum atomic E-state index is 12.7. The van der Waals surface area contributed by atoms with Crippen molar-refractivity contribution in [2.45, 2.75) is 18.4 Å². The van der Waals surface area contributed by atoms with E-state index in [-0.39, 0.29) is 5.91 Å². The Morgan fingerprint density at radius 1 is 1.14 bits per heavy atom. The van der Waals surface area contributed by atoms with E-state index >= 15 is 0 Å². The highest BCUT2D eigenvalue weighted by Crippen LogP contribution is 2.33. The van der Waals surface area contributed by atoms with Gasteiger partial charge >= 0.3 is 0 Å². The number of hydrogen-bond acceptors (Lipinski definition) is 3. The van der Waals surface area contributed by atoms with Gasteiger partial charge in [-0.15, -0.1) is 0 Å². The first-order valence-corrected chi connectivity index (χ1v) is 10.4. The van der Waals surface area contributed by atoms with Gasteiger partial charge in [0.1, 0.15) is 0 Å². The van der Waals surface area contributed by atoms with Crippen LogP contribution in [0.3, 0.4) is 0 Å². The third-order valence-corrected chi connectivity index (χ3v) is 5.63. The Morgan fingerprint density at radius 3 is 2.69 bits per heavy atom. The molecule has 6 heteroatoms. The van der Waals surface area contributed by atoms with E-state index in [9.17, 15) is 4.79 Å². The molecule has 1 fully saturated rings. The highest BCUT2D eigenvalue weighted by Gasteiger charge is 2.35. The average Bonchev–Trinajstić information content (AvgIpc) is 3.23. The van der Waals surface area contributed by atoms with E-state index in [0.29, 0.717) is 13.2 Å². The molecule has 148 valence electrons. The molecule has 0 radical (unpaired) electrons. The molecule has 1 aliphatic rings. The highest BCUT2D eigenvalue weighted by atomic mass is 79.9. The molecule has 1 aliphatic heterocycles. The molecule has 1 N–H and O–H groups in total. The second-order valence-corrected chi connectivity index (χ2v) is 8.00. The predicted molar refractivity (Wildman–Crippen MR) is 117 cm³/mol. The van der Waals surface area contributed by atoms with E-state index in [1.54, 1.807) is 23.0 Å². The number of amides is 1. The molecular formula is C23H22BrN3O2. The van der Waals surface area contributed by atoms with Crippen LogP contribution in [0.4, 0.5) is 0 Å². The van der Waals surface area contributed by atoms with Crippen LogP contribution in [-0.2, 0) is 15.1 Å². The Hall–Kier alpha value is -2.70. The van der Waals surface area contributed by atoms with Crippen LogP contribution in [0.5, 0.6) is 0 Å². The number of aromatic nitrogens is 2. The van der Waals surface area contributed by atoms with Crippen LogP contribution in [0.1, 0.15) is 24.0 Å². The van der Waals surface area contributed by atoms with Crippen LogP contribution in [-0.4, -0.2) is 28.9 Å². The van der Waals surface area contributed by atoms with Crippen LogP contribution >= 0.6 is 15.9 Å². The zero-order valence-electron chi connectivity index (χ0n) is 15.9. The number of para-hydroxylation sites is 1. The highest BCUT2D eigenvalue weighted by molar-refractivity contribution is 9.10. The lowest BCUT2D eigenvalue weighted by molar-refractivity contribution is -0.119. The number of halogens is 1. The first-order chi connectivity index (χ1) is 14.1. The summed E-state index contributed by atoms with van der Waals surface area (Å²) in [5.74, 6) is -0.126. The summed E-state index contributed by atoms with van der Waals surface area (Å²) < 4.78 is 8.33. The summed E-state index contributed by atoms with van der Waals surface area (Å²) in [4.78, 5) is 12.7. The van der Waals surface area contributed by atoms with Gasteiger partial charge in [-0.3, -0.25) is 4.79 Å². The summed E-state index contributed by atoms with van der Waals surface area (Å²) in [6, 6.07) is 18.0. The number of benzene rings is 2. The number of carbonyl (C=O) groups is 1. The Labute approximate surface area is 178 Å². The molecule has 0 bridgehead atoms. The van der Waals surface area contributed by atoms with Gasteiger partial charge in [0.15, 0.2) is 0 Å². The van der Waals surface area contributed by atoms with Gasteiger partial charge in [-0.1, -0.05) is 46.3 Å². The van der Waals surface area contributed by atoms with Gasteiger partial charge in [-0.25, -0.2) is 4.68 Å². The summed E-state index contributed by atoms with van der Waals surface area (Å²) in [6.45, 7) is 1.25. The normalized spacial score (nSPS) is 16.0. The molecule has 0 spiro atoms. The van der Waals surface area contributed by atoms with Gasteiger partial charge in [0, 0.05) is 35.5 Å². The molecular weight excluding hydrogens is 430 g/mol. The largest absolute Gasteiger partial charge is 0.381 e. The Balaban J connectivity index is 1.49. The Bertz CT molecular complexity index is 1010. The van der Waals surface area contributed by atoms with Gasteiger partial charge in [0.2, 0.25) is 5.91 Å². The lowest BCUT2D eigenvalue weighted by atomic mass is 9.82. The molecule has 4 rings (SSSR count). The minimum absolute atomic E-state index is 0.126. The molecule has 1 amide bonds. The van der Waals surface area contributed by atoms with Crippen LogP contribution < -0.4 is 5.32 Å². The third kappa shape index (κ3) is 4.66. The summed E-state index contributed by atoms with van der Waals surface area (Å²) in [5.41, 5.74) is 2.52. The number of nitrogens with one attached hydrogen (secondary N) is 1. The van der Waals surface area contributed by atoms with Crippen molar-refractivity contribution in [2.24, 2.45) is 0 Å². The maximum absolute atomic E-state index is 12.7. The van der Waals surface area contributed by atoms with E-state index in [4.69, 9.17) is 4.74 Å². The second-order valence-electron chi connectivity index (χ2n) is 7.08. The van der Waals surface area contributed by atoms with Crippen molar-refractivity contribution in [3.05, 3.63) is 88.7 Å². The minimum Gasteiger partial charge on any atom is -0.381 e. The smallest absolute Gasteiger partial charge is 0.244 e. The fourth-order valence-corrected chi connectivity index (χ4v) is 3.99. The average molecular weight is 452 g/mol. The van der Waals surface area contributed by atoms with Gasteiger partial charge < -0.3 is 10.1 Å². The molecule has 0 unspecified atom stereocenters. The summed E-state index contributed by atoms with van der Waals surface area (Å²) >= 11 is 3.53. The molecule has 5 nitrogen and oxygen atoms in total. The quantitative estimate of drug-likeness (QED) is 0.582. The Kier molecular flexibility index (Phi) is 5.92. The van der Waals surface area contributed by atoms with Crippen molar-refractivity contribution in [1.82, 2.24) is 15.1 Å². The fraction of sp³-hybridized carbons (Fsp3) is 0.217. The first kappa shape index (κ1) is 19.6. The topological polar surface area (TPSA) is 56.2 Å². The molecule has 2 aromatic carbocycles. The fourth-order valence-electron chi connectivity index (χ4n) is 3.59. The van der Waals surface area contributed by atoms with Gasteiger partial charge in [0.25, 0.3) is 0 Å². The molecule has 0 saturated carbocycles. The number of nitrogens with zero attached hydrogens (tertiary/aromatic N) is 2. The van der Waals surface area contributed by atoms with E-state index < -0.39 is 5.54 Å². The molecule has 3 aromatic rings. The van der Waals surface area contributed by atoms with Crippen LogP contribution in [0.25, 0.3) is 11.8 Å². The summed E-state index contributed by atoms with van der Waals surface area (Å²) in [7, 11) is 0. The molecule has 1 saturated heterocycles. The van der Waals surface area contributed by atoms with E-state index in [1.807, 2.05) is 48.7 Å². The number of ether oxygens (including phenoxy) is 1. The molecule has 2 heterocycles. The summed E-state index contributed by atoms with van der Waals surface area (Å²) in [5, 5.41) is 7.59.